The Morgan fingerprint density at radius 1 is 0.636 bits per heavy atom. The number of cyclic esters (lactones) is 2. The van der Waals surface area contributed by atoms with E-state index >= 15 is 0 Å². The number of ether oxygens (including phenoxy) is 2. The lowest BCUT2D eigenvalue weighted by Crippen LogP contribution is -2.57. The van der Waals surface area contributed by atoms with Gasteiger partial charge in [-0.3, -0.25) is 0 Å². The van der Waals surface area contributed by atoms with Gasteiger partial charge in [-0.2, -0.15) is 0 Å². The molecule has 6 fully saturated rings. The van der Waals surface area contributed by atoms with E-state index in [4.69, 9.17) is 9.47 Å². The van der Waals surface area contributed by atoms with Crippen molar-refractivity contribution in [3.63, 3.8) is 0 Å². The first kappa shape index (κ1) is 10.6. The van der Waals surface area contributed by atoms with Crippen molar-refractivity contribution < 1.29 is 19.1 Å². The molecule has 2 heterocycles. The molecule has 0 radical (unpaired) electrons. The second kappa shape index (κ2) is 2.72. The Morgan fingerprint density at radius 3 is 1.59 bits per heavy atom. The molecule has 4 heteroatoms. The van der Waals surface area contributed by atoms with Gasteiger partial charge >= 0.3 is 11.9 Å². The van der Waals surface area contributed by atoms with Gasteiger partial charge in [0.25, 0.3) is 0 Å². The molecule has 0 aromatic heterocycles. The molecule has 1 saturated heterocycles. The third-order valence-corrected chi connectivity index (χ3v) is 9.40. The van der Waals surface area contributed by atoms with Gasteiger partial charge in [0.1, 0.15) is 0 Å². The van der Waals surface area contributed by atoms with E-state index in [1.54, 1.807) is 0 Å². The van der Waals surface area contributed by atoms with E-state index < -0.39 is 0 Å². The molecule has 8 aliphatic rings. The van der Waals surface area contributed by atoms with Gasteiger partial charge in [0.15, 0.2) is 0 Å². The van der Waals surface area contributed by atoms with E-state index in [0.29, 0.717) is 35.5 Å². The molecule has 1 unspecified atom stereocenters. The third kappa shape index (κ3) is 0.696. The van der Waals surface area contributed by atoms with Gasteiger partial charge in [-0.1, -0.05) is 0 Å². The van der Waals surface area contributed by atoms with Crippen LogP contribution < -0.4 is 0 Å². The van der Waals surface area contributed by atoms with Crippen LogP contribution in [0.15, 0.2) is 11.1 Å². The van der Waals surface area contributed by atoms with Crippen LogP contribution in [0.1, 0.15) is 0 Å². The fourth-order valence-corrected chi connectivity index (χ4v) is 9.70. The summed E-state index contributed by atoms with van der Waals surface area (Å²) in [6, 6.07) is 0. The van der Waals surface area contributed by atoms with Crippen LogP contribution in [0.5, 0.6) is 0 Å². The summed E-state index contributed by atoms with van der Waals surface area (Å²) in [6.45, 7) is 1.89. The summed E-state index contributed by atoms with van der Waals surface area (Å²) in [6.07, 6.45) is 0. The summed E-state index contributed by atoms with van der Waals surface area (Å²) in [7, 11) is 0. The average Bonchev–Trinajstić information content (AvgIpc) is 3.15. The number of carbonyl (C=O) groups is 2. The minimum Gasteiger partial charge on any atom is -0.386 e. The molecule has 0 spiro atoms. The fraction of sp³-hybridized carbons (Fsp3) is 0.778. The Balaban J connectivity index is 1.45. The maximum atomic E-state index is 12.3. The Labute approximate surface area is 127 Å². The van der Waals surface area contributed by atoms with Crippen molar-refractivity contribution >= 4 is 11.9 Å². The number of hydrogen-bond donors (Lipinski definition) is 0. The molecule has 12 atom stereocenters. The molecule has 0 aromatic rings. The lowest BCUT2D eigenvalue weighted by Gasteiger charge is -2.59. The van der Waals surface area contributed by atoms with Gasteiger partial charge < -0.3 is 9.47 Å². The summed E-state index contributed by atoms with van der Waals surface area (Å²) in [5, 5.41) is 0. The molecular formula is C18H16O4. The number of carbonyl (C=O) groups excluding carboxylic acids is 2. The van der Waals surface area contributed by atoms with Crippen LogP contribution in [-0.4, -0.2) is 25.2 Å². The number of rotatable bonds is 0. The smallest absolute Gasteiger partial charge is 0.342 e. The summed E-state index contributed by atoms with van der Waals surface area (Å²) in [5.41, 5.74) is 1.67. The summed E-state index contributed by atoms with van der Waals surface area (Å²) in [4.78, 5) is 24.6. The minimum atomic E-state index is -0.294. The first-order valence-electron chi connectivity index (χ1n) is 8.87. The van der Waals surface area contributed by atoms with E-state index in [-0.39, 0.29) is 11.9 Å². The monoisotopic (exact) mass is 296 g/mol. The van der Waals surface area contributed by atoms with E-state index in [2.05, 4.69) is 0 Å². The number of hydrogen-bond acceptors (Lipinski definition) is 4. The van der Waals surface area contributed by atoms with E-state index in [1.165, 1.54) is 0 Å². The van der Waals surface area contributed by atoms with Crippen LogP contribution in [-0.2, 0) is 19.1 Å². The predicted octanol–water partition coefficient (Wildman–Crippen LogP) is 0.873. The van der Waals surface area contributed by atoms with Crippen molar-refractivity contribution in [2.75, 3.05) is 13.2 Å². The molecular weight excluding hydrogens is 280 g/mol. The number of fused-ring (bicyclic) bond motifs is 5. The summed E-state index contributed by atoms with van der Waals surface area (Å²) < 4.78 is 10.9. The summed E-state index contributed by atoms with van der Waals surface area (Å²) in [5.74, 6) is 7.61. The first-order valence-corrected chi connectivity index (χ1v) is 8.87. The zero-order chi connectivity index (χ0) is 14.1. The van der Waals surface area contributed by atoms with E-state index in [9.17, 15) is 9.59 Å². The highest BCUT2D eigenvalue weighted by atomic mass is 16.6. The van der Waals surface area contributed by atoms with Crippen molar-refractivity contribution in [3.8, 4) is 0 Å². The Morgan fingerprint density at radius 2 is 1.09 bits per heavy atom. The molecule has 22 heavy (non-hydrogen) atoms. The lowest BCUT2D eigenvalue weighted by molar-refractivity contribution is -0.151. The molecule has 2 bridgehead atoms. The maximum Gasteiger partial charge on any atom is 0.342 e. The second-order valence-electron chi connectivity index (χ2n) is 9.04. The predicted molar refractivity (Wildman–Crippen MR) is 70.8 cm³/mol. The Hall–Kier alpha value is -1.16. The average molecular weight is 296 g/mol. The van der Waals surface area contributed by atoms with Crippen molar-refractivity contribution in [2.45, 2.75) is 0 Å². The van der Waals surface area contributed by atoms with E-state index in [0.717, 1.165) is 59.9 Å². The maximum absolute atomic E-state index is 12.3. The zero-order valence-corrected chi connectivity index (χ0v) is 12.0. The van der Waals surface area contributed by atoms with Crippen LogP contribution >= 0.6 is 0 Å². The van der Waals surface area contributed by atoms with Crippen molar-refractivity contribution in [1.29, 1.82) is 0 Å². The van der Waals surface area contributed by atoms with Crippen LogP contribution in [0, 0.1) is 71.0 Å². The first-order chi connectivity index (χ1) is 10.8. The highest BCUT2D eigenvalue weighted by Gasteiger charge is 2.87. The second-order valence-corrected chi connectivity index (χ2v) is 9.04. The molecule has 0 N–H and O–H groups in total. The van der Waals surface area contributed by atoms with Gasteiger partial charge in [-0.05, 0) is 71.0 Å². The quantitative estimate of drug-likeness (QED) is 0.492. The van der Waals surface area contributed by atoms with Crippen LogP contribution in [0.3, 0.4) is 0 Å². The minimum absolute atomic E-state index is 0.294. The highest BCUT2D eigenvalue weighted by Crippen LogP contribution is 2.89. The van der Waals surface area contributed by atoms with Crippen LogP contribution in [0.2, 0.25) is 0 Å². The third-order valence-electron chi connectivity index (χ3n) is 9.40. The standard InChI is InChI=1S/C18H16O4/c19-17-15-13-9-5-3-1-21-2-4(3)6-8-7(5)11(13)12(8)14(10(6)9)16(15)18(20)22-17/h3-14H,1-2H2/t3-,4+,5+,6?,7+,8-,9-,10+,11+,12-,13+,14-/m0/s1. The lowest BCUT2D eigenvalue weighted by atomic mass is 9.44. The molecule has 0 aromatic carbocycles. The molecule has 5 saturated carbocycles. The largest absolute Gasteiger partial charge is 0.386 e. The zero-order valence-electron chi connectivity index (χ0n) is 12.0. The molecule has 2 aliphatic heterocycles. The van der Waals surface area contributed by atoms with Gasteiger partial charge in [0.05, 0.1) is 24.4 Å². The van der Waals surface area contributed by atoms with Crippen molar-refractivity contribution in [2.24, 2.45) is 71.0 Å². The molecule has 0 amide bonds. The normalized spacial score (nSPS) is 69.6. The Kier molecular flexibility index (Phi) is 1.31. The van der Waals surface area contributed by atoms with Crippen LogP contribution in [0.4, 0.5) is 0 Å². The van der Waals surface area contributed by atoms with Crippen molar-refractivity contribution in [3.05, 3.63) is 11.1 Å². The fourth-order valence-electron chi connectivity index (χ4n) is 9.70. The van der Waals surface area contributed by atoms with Gasteiger partial charge in [0.2, 0.25) is 0 Å². The van der Waals surface area contributed by atoms with Gasteiger partial charge in [-0.15, -0.1) is 0 Å². The highest BCUT2D eigenvalue weighted by molar-refractivity contribution is 6.14. The van der Waals surface area contributed by atoms with Crippen LogP contribution in [0.25, 0.3) is 0 Å². The SMILES string of the molecule is O=C1OC(=O)C2=C1[C@H]1[C@@H]3[C@H]4[C@@H]5C6[C@@H]([C@H]2[C@@H]53)[C@@H]1[C@@H]4[C@H]1COC[C@@H]61. The molecule has 112 valence electrons. The number of esters is 2. The summed E-state index contributed by atoms with van der Waals surface area (Å²) >= 11 is 0. The molecule has 4 nitrogen and oxygen atoms in total. The van der Waals surface area contributed by atoms with Gasteiger partial charge in [-0.25, -0.2) is 9.59 Å². The van der Waals surface area contributed by atoms with Gasteiger partial charge in [0, 0.05) is 0 Å². The van der Waals surface area contributed by atoms with E-state index in [1.807, 2.05) is 0 Å². The molecule has 8 rings (SSSR count). The van der Waals surface area contributed by atoms with Crippen molar-refractivity contribution in [1.82, 2.24) is 0 Å². The topological polar surface area (TPSA) is 52.6 Å². The molecule has 6 aliphatic carbocycles. The Bertz CT molecular complexity index is 692.